The molecule has 0 radical (unpaired) electrons. The van der Waals surface area contributed by atoms with E-state index in [2.05, 4.69) is 33.4 Å². The highest BCUT2D eigenvalue weighted by molar-refractivity contribution is 7.16. The minimum Gasteiger partial charge on any atom is -0.403 e. The second-order valence-electron chi connectivity index (χ2n) is 8.78. The molecule has 0 spiro atoms. The Morgan fingerprint density at radius 2 is 1.78 bits per heavy atom. The van der Waals surface area contributed by atoms with Gasteiger partial charge >= 0.3 is 6.01 Å². The van der Waals surface area contributed by atoms with E-state index in [4.69, 9.17) is 14.1 Å². The molecule has 1 saturated heterocycles. The summed E-state index contributed by atoms with van der Waals surface area (Å²) in [5, 5.41) is 12.7. The number of benzene rings is 2. The van der Waals surface area contributed by atoms with Gasteiger partial charge in [0.15, 0.2) is 11.9 Å². The van der Waals surface area contributed by atoms with Crippen LogP contribution in [0.5, 0.6) is 0 Å². The average Bonchev–Trinajstić information content (AvgIpc) is 3.51. The van der Waals surface area contributed by atoms with E-state index in [9.17, 15) is 4.79 Å². The van der Waals surface area contributed by atoms with Crippen LogP contribution >= 0.6 is 11.3 Å². The Bertz CT molecular complexity index is 1420. The van der Waals surface area contributed by atoms with E-state index in [1.165, 1.54) is 0 Å². The summed E-state index contributed by atoms with van der Waals surface area (Å²) in [6, 6.07) is 20.0. The standard InChI is InChI=1S/C27H25N5O3S/c1-17-15-21(26(36-17)32-11-13-34-14-12-32)25-30-31-27(35-25)29-24-22(33)16-19-9-5-6-10-20(19)23(28-24)18-7-3-2-4-8-18/h2-10,15,24H,11-14,16H2,1H3,(H,29,31)/t24-/m1/s1. The van der Waals surface area contributed by atoms with Crippen LogP contribution in [0.3, 0.4) is 0 Å². The Morgan fingerprint density at radius 3 is 2.61 bits per heavy atom. The molecule has 2 aliphatic rings. The molecule has 9 heteroatoms. The van der Waals surface area contributed by atoms with Gasteiger partial charge < -0.3 is 19.4 Å². The highest BCUT2D eigenvalue weighted by Crippen LogP contribution is 2.39. The van der Waals surface area contributed by atoms with Crippen LogP contribution in [0, 0.1) is 6.92 Å². The molecular weight excluding hydrogens is 474 g/mol. The number of Topliss-reactive ketones (excluding diaryl/α,β-unsaturated/α-hetero) is 1. The van der Waals surface area contributed by atoms with E-state index in [1.807, 2.05) is 54.6 Å². The second kappa shape index (κ2) is 9.67. The van der Waals surface area contributed by atoms with Gasteiger partial charge in [0.25, 0.3) is 5.89 Å². The quantitative estimate of drug-likeness (QED) is 0.437. The number of thiophene rings is 1. The molecule has 36 heavy (non-hydrogen) atoms. The topological polar surface area (TPSA) is 92.9 Å². The first-order valence-corrected chi connectivity index (χ1v) is 12.7. The van der Waals surface area contributed by atoms with Gasteiger partial charge in [-0.05, 0) is 18.6 Å². The predicted octanol–water partition coefficient (Wildman–Crippen LogP) is 4.34. The van der Waals surface area contributed by atoms with Crippen LogP contribution < -0.4 is 10.2 Å². The van der Waals surface area contributed by atoms with Crippen molar-refractivity contribution in [3.05, 3.63) is 82.2 Å². The number of hydrogen-bond acceptors (Lipinski definition) is 9. The molecule has 8 nitrogen and oxygen atoms in total. The molecule has 1 N–H and O–H groups in total. The van der Waals surface area contributed by atoms with Crippen molar-refractivity contribution in [2.45, 2.75) is 19.5 Å². The molecule has 1 fully saturated rings. The third-order valence-electron chi connectivity index (χ3n) is 6.30. The summed E-state index contributed by atoms with van der Waals surface area (Å²) in [5.41, 5.74) is 4.51. The second-order valence-corrected chi connectivity index (χ2v) is 10.0. The van der Waals surface area contributed by atoms with Crippen molar-refractivity contribution >= 4 is 33.8 Å². The summed E-state index contributed by atoms with van der Waals surface area (Å²) >= 11 is 1.70. The van der Waals surface area contributed by atoms with Gasteiger partial charge in [0, 0.05) is 35.5 Å². The SMILES string of the molecule is Cc1cc(-c2nnc(N[C@H]3N=C(c4ccccc4)c4ccccc4CC3=O)o2)c(N2CCOCC2)s1. The first-order chi connectivity index (χ1) is 17.7. The first kappa shape index (κ1) is 22.6. The highest BCUT2D eigenvalue weighted by Gasteiger charge is 2.28. The Kier molecular flexibility index (Phi) is 6.08. The number of fused-ring (bicyclic) bond motifs is 1. The Labute approximate surface area is 212 Å². The average molecular weight is 500 g/mol. The molecule has 4 heterocycles. The summed E-state index contributed by atoms with van der Waals surface area (Å²) in [7, 11) is 0. The van der Waals surface area contributed by atoms with E-state index >= 15 is 0 Å². The molecule has 2 aromatic carbocycles. The van der Waals surface area contributed by atoms with Crippen LogP contribution in [0.25, 0.3) is 11.5 Å². The number of aromatic nitrogens is 2. The number of morpholine rings is 1. The predicted molar refractivity (Wildman–Crippen MR) is 140 cm³/mol. The number of nitrogens with zero attached hydrogens (tertiary/aromatic N) is 4. The van der Waals surface area contributed by atoms with Gasteiger partial charge in [-0.25, -0.2) is 0 Å². The first-order valence-electron chi connectivity index (χ1n) is 11.9. The normalized spacial score (nSPS) is 17.9. The number of aryl methyl sites for hydroxylation is 1. The van der Waals surface area contributed by atoms with Crippen LogP contribution in [0.2, 0.25) is 0 Å². The maximum Gasteiger partial charge on any atom is 0.317 e. The van der Waals surface area contributed by atoms with E-state index in [-0.39, 0.29) is 18.2 Å². The molecule has 0 unspecified atom stereocenters. The Balaban J connectivity index is 1.31. The van der Waals surface area contributed by atoms with Gasteiger partial charge in [-0.15, -0.1) is 16.4 Å². The molecule has 1 atom stereocenters. The van der Waals surface area contributed by atoms with Gasteiger partial charge in [-0.1, -0.05) is 59.7 Å². The molecule has 4 aromatic rings. The van der Waals surface area contributed by atoms with Crippen molar-refractivity contribution < 1.29 is 13.9 Å². The fourth-order valence-electron chi connectivity index (χ4n) is 4.56. The lowest BCUT2D eigenvalue weighted by Crippen LogP contribution is -2.35. The number of ether oxygens (including phenoxy) is 1. The van der Waals surface area contributed by atoms with E-state index in [1.54, 1.807) is 11.3 Å². The summed E-state index contributed by atoms with van der Waals surface area (Å²) in [6.07, 6.45) is -0.580. The number of rotatable bonds is 5. The van der Waals surface area contributed by atoms with Crippen LogP contribution in [-0.4, -0.2) is 54.2 Å². The lowest BCUT2D eigenvalue weighted by Gasteiger charge is -2.28. The smallest absolute Gasteiger partial charge is 0.317 e. The van der Waals surface area contributed by atoms with Gasteiger partial charge in [0.1, 0.15) is 5.00 Å². The van der Waals surface area contributed by atoms with Gasteiger partial charge in [-0.3, -0.25) is 9.79 Å². The number of nitrogens with one attached hydrogen (secondary N) is 1. The molecular formula is C27H25N5O3S. The van der Waals surface area contributed by atoms with Crippen LogP contribution in [0.15, 0.2) is 70.1 Å². The maximum absolute atomic E-state index is 13.2. The molecule has 182 valence electrons. The molecule has 0 bridgehead atoms. The van der Waals surface area contributed by atoms with Crippen molar-refractivity contribution in [3.63, 3.8) is 0 Å². The zero-order valence-electron chi connectivity index (χ0n) is 19.8. The van der Waals surface area contributed by atoms with Crippen molar-refractivity contribution in [3.8, 4) is 11.5 Å². The van der Waals surface area contributed by atoms with E-state index in [0.717, 1.165) is 50.9 Å². The maximum atomic E-state index is 13.2. The third-order valence-corrected chi connectivity index (χ3v) is 7.41. The minimum absolute atomic E-state index is 0.0616. The van der Waals surface area contributed by atoms with Crippen LogP contribution in [0.4, 0.5) is 11.0 Å². The van der Waals surface area contributed by atoms with Crippen molar-refractivity contribution in [2.75, 3.05) is 36.5 Å². The lowest BCUT2D eigenvalue weighted by molar-refractivity contribution is -0.119. The largest absolute Gasteiger partial charge is 0.403 e. The molecule has 2 aromatic heterocycles. The summed E-state index contributed by atoms with van der Waals surface area (Å²) in [6.45, 7) is 5.10. The van der Waals surface area contributed by atoms with Crippen LogP contribution in [0.1, 0.15) is 21.6 Å². The van der Waals surface area contributed by atoms with Crippen molar-refractivity contribution in [1.82, 2.24) is 10.2 Å². The minimum atomic E-state index is -0.844. The van der Waals surface area contributed by atoms with Gasteiger partial charge in [-0.2, -0.15) is 0 Å². The number of carbonyl (C=O) groups is 1. The Morgan fingerprint density at radius 1 is 1.00 bits per heavy atom. The van der Waals surface area contributed by atoms with Crippen molar-refractivity contribution in [2.24, 2.45) is 4.99 Å². The zero-order valence-corrected chi connectivity index (χ0v) is 20.6. The number of hydrogen-bond donors (Lipinski definition) is 1. The molecule has 0 aliphatic carbocycles. The fraction of sp³-hybridized carbons (Fsp3) is 0.259. The number of carbonyl (C=O) groups excluding carboxylic acids is 1. The van der Waals surface area contributed by atoms with E-state index < -0.39 is 6.17 Å². The number of anilines is 2. The highest BCUT2D eigenvalue weighted by atomic mass is 32.1. The lowest BCUT2D eigenvalue weighted by atomic mass is 9.96. The number of ketones is 1. The summed E-state index contributed by atoms with van der Waals surface area (Å²) in [5.74, 6) is 0.355. The van der Waals surface area contributed by atoms with Gasteiger partial charge in [0.2, 0.25) is 0 Å². The third kappa shape index (κ3) is 4.43. The molecule has 6 rings (SSSR count). The Hall–Kier alpha value is -3.82. The fourth-order valence-corrected chi connectivity index (χ4v) is 5.61. The molecule has 2 aliphatic heterocycles. The van der Waals surface area contributed by atoms with Gasteiger partial charge in [0.05, 0.1) is 24.5 Å². The molecule has 0 saturated carbocycles. The molecule has 0 amide bonds. The van der Waals surface area contributed by atoms with E-state index in [0.29, 0.717) is 19.1 Å². The summed E-state index contributed by atoms with van der Waals surface area (Å²) in [4.78, 5) is 21.5. The summed E-state index contributed by atoms with van der Waals surface area (Å²) < 4.78 is 11.5. The van der Waals surface area contributed by atoms with Crippen LogP contribution in [-0.2, 0) is 16.0 Å². The van der Waals surface area contributed by atoms with Crippen molar-refractivity contribution in [1.29, 1.82) is 0 Å². The zero-order chi connectivity index (χ0) is 24.5. The monoisotopic (exact) mass is 499 g/mol. The number of aliphatic imine (C=N–C) groups is 1.